The quantitative estimate of drug-likeness (QED) is 0.280. The maximum absolute atomic E-state index is 12.0. The normalized spacial score (nSPS) is 12.8. The second-order valence-corrected chi connectivity index (χ2v) is 5.94. The molecule has 1 heterocycles. The second-order valence-electron chi connectivity index (χ2n) is 5.94. The van der Waals surface area contributed by atoms with Gasteiger partial charge >= 0.3 is 5.97 Å². The number of furan rings is 1. The first-order valence-corrected chi connectivity index (χ1v) is 8.31. The standard InChI is InChI=1S/C19H20N2O6/c1-11(21-19(25)14(10-20)12(2)22)16-9-13-5-3-6-15(18(13)27-16)26-8-4-7-17(23)24/h3,5-6,9,11,22H,4,7-8H2,1-2H3,(H,21,25)(H,23,24). The zero-order valence-corrected chi connectivity index (χ0v) is 15.0. The zero-order chi connectivity index (χ0) is 20.0. The van der Waals surface area contributed by atoms with E-state index in [0.717, 1.165) is 5.39 Å². The van der Waals surface area contributed by atoms with E-state index in [0.29, 0.717) is 23.5 Å². The summed E-state index contributed by atoms with van der Waals surface area (Å²) in [4.78, 5) is 22.6. The molecule has 1 aromatic heterocycles. The number of fused-ring (bicyclic) bond motifs is 1. The van der Waals surface area contributed by atoms with E-state index in [-0.39, 0.29) is 24.4 Å². The molecule has 3 N–H and O–H groups in total. The maximum Gasteiger partial charge on any atom is 0.303 e. The van der Waals surface area contributed by atoms with Crippen molar-refractivity contribution in [2.24, 2.45) is 0 Å². The van der Waals surface area contributed by atoms with Crippen LogP contribution >= 0.6 is 0 Å². The minimum atomic E-state index is -0.884. The van der Waals surface area contributed by atoms with Gasteiger partial charge in [0.05, 0.1) is 12.6 Å². The van der Waals surface area contributed by atoms with Crippen LogP contribution < -0.4 is 10.1 Å². The number of aliphatic hydroxyl groups excluding tert-OH is 1. The van der Waals surface area contributed by atoms with E-state index in [1.54, 1.807) is 31.2 Å². The first kappa shape index (κ1) is 19.8. The summed E-state index contributed by atoms with van der Waals surface area (Å²) in [7, 11) is 0. The van der Waals surface area contributed by atoms with Gasteiger partial charge in [-0.05, 0) is 32.4 Å². The molecular weight excluding hydrogens is 352 g/mol. The lowest BCUT2D eigenvalue weighted by atomic mass is 10.2. The van der Waals surface area contributed by atoms with E-state index in [1.165, 1.54) is 6.92 Å². The molecule has 1 amide bonds. The van der Waals surface area contributed by atoms with E-state index < -0.39 is 17.9 Å². The number of rotatable bonds is 8. The van der Waals surface area contributed by atoms with E-state index in [9.17, 15) is 14.7 Å². The lowest BCUT2D eigenvalue weighted by molar-refractivity contribution is -0.137. The number of hydrogen-bond donors (Lipinski definition) is 3. The van der Waals surface area contributed by atoms with Crippen LogP contribution in [0.2, 0.25) is 0 Å². The Balaban J connectivity index is 2.15. The number of nitrogens with zero attached hydrogens (tertiary/aromatic N) is 1. The van der Waals surface area contributed by atoms with Crippen LogP contribution in [0.5, 0.6) is 5.75 Å². The number of aliphatic carboxylic acids is 1. The van der Waals surface area contributed by atoms with Crippen LogP contribution in [0.4, 0.5) is 0 Å². The van der Waals surface area contributed by atoms with Gasteiger partial charge in [-0.25, -0.2) is 0 Å². The molecule has 1 atom stereocenters. The Morgan fingerprint density at radius 1 is 1.37 bits per heavy atom. The minimum absolute atomic E-state index is 0.0153. The molecule has 2 rings (SSSR count). The van der Waals surface area contributed by atoms with E-state index >= 15 is 0 Å². The average molecular weight is 372 g/mol. The van der Waals surface area contributed by atoms with Crippen LogP contribution in [-0.2, 0) is 9.59 Å². The smallest absolute Gasteiger partial charge is 0.303 e. The number of carbonyl (C=O) groups excluding carboxylic acids is 1. The number of para-hydroxylation sites is 1. The Labute approximate surface area is 155 Å². The summed E-state index contributed by atoms with van der Waals surface area (Å²) in [5.74, 6) is -1.01. The molecule has 0 aliphatic rings. The number of ether oxygens (including phenoxy) is 1. The number of amides is 1. The summed E-state index contributed by atoms with van der Waals surface area (Å²) in [6.45, 7) is 3.18. The first-order valence-electron chi connectivity index (χ1n) is 8.31. The van der Waals surface area contributed by atoms with Crippen molar-refractivity contribution in [2.75, 3.05) is 6.61 Å². The zero-order valence-electron chi connectivity index (χ0n) is 15.0. The van der Waals surface area contributed by atoms with Crippen molar-refractivity contribution >= 4 is 22.8 Å². The molecule has 0 saturated heterocycles. The highest BCUT2D eigenvalue weighted by Gasteiger charge is 2.19. The van der Waals surface area contributed by atoms with E-state index in [4.69, 9.17) is 19.5 Å². The number of carboxylic acid groups (broad SMARTS) is 1. The summed E-state index contributed by atoms with van der Waals surface area (Å²) < 4.78 is 11.4. The van der Waals surface area contributed by atoms with Crippen LogP contribution in [0.1, 0.15) is 38.5 Å². The van der Waals surface area contributed by atoms with Crippen LogP contribution in [0, 0.1) is 11.3 Å². The highest BCUT2D eigenvalue weighted by molar-refractivity contribution is 5.97. The molecule has 8 nitrogen and oxygen atoms in total. The van der Waals surface area contributed by atoms with Crippen molar-refractivity contribution in [1.82, 2.24) is 5.32 Å². The van der Waals surface area contributed by atoms with Gasteiger partial charge in [-0.3, -0.25) is 9.59 Å². The van der Waals surface area contributed by atoms with Gasteiger partial charge in [-0.2, -0.15) is 5.26 Å². The van der Waals surface area contributed by atoms with Gasteiger partial charge in [-0.15, -0.1) is 0 Å². The van der Waals surface area contributed by atoms with Gasteiger partial charge in [0.15, 0.2) is 16.9 Å². The number of carboxylic acids is 1. The summed E-state index contributed by atoms with van der Waals surface area (Å²) >= 11 is 0. The van der Waals surface area contributed by atoms with Crippen LogP contribution in [-0.4, -0.2) is 28.7 Å². The Bertz CT molecular complexity index is 918. The van der Waals surface area contributed by atoms with E-state index in [2.05, 4.69) is 5.32 Å². The number of allylic oxidation sites excluding steroid dienone is 1. The molecule has 0 aliphatic heterocycles. The minimum Gasteiger partial charge on any atom is -0.511 e. The van der Waals surface area contributed by atoms with Gasteiger partial charge < -0.3 is 24.7 Å². The van der Waals surface area contributed by atoms with Crippen LogP contribution in [0.25, 0.3) is 11.0 Å². The number of benzene rings is 1. The molecule has 2 aromatic rings. The predicted molar refractivity (Wildman–Crippen MR) is 96.1 cm³/mol. The predicted octanol–water partition coefficient (Wildman–Crippen LogP) is 3.21. The lowest BCUT2D eigenvalue weighted by Gasteiger charge is -2.11. The Morgan fingerprint density at radius 3 is 2.74 bits per heavy atom. The third kappa shape index (κ3) is 5.01. The molecule has 1 unspecified atom stereocenters. The second kappa shape index (κ2) is 8.76. The fourth-order valence-electron chi connectivity index (χ4n) is 2.42. The molecule has 27 heavy (non-hydrogen) atoms. The van der Waals surface area contributed by atoms with Crippen LogP contribution in [0.15, 0.2) is 40.0 Å². The Kier molecular flexibility index (Phi) is 6.44. The van der Waals surface area contributed by atoms with Crippen molar-refractivity contribution < 1.29 is 29.0 Å². The van der Waals surface area contributed by atoms with Gasteiger partial charge in [0.25, 0.3) is 5.91 Å². The SMILES string of the molecule is CC(O)=C(C#N)C(=O)NC(C)c1cc2cccc(OCCCC(=O)O)c2o1. The van der Waals surface area contributed by atoms with Crippen molar-refractivity contribution in [3.05, 3.63) is 41.4 Å². The molecule has 0 saturated carbocycles. The Morgan fingerprint density at radius 2 is 2.11 bits per heavy atom. The van der Waals surface area contributed by atoms with Crippen molar-refractivity contribution in [1.29, 1.82) is 5.26 Å². The van der Waals surface area contributed by atoms with Gasteiger partial charge in [0, 0.05) is 11.8 Å². The highest BCUT2D eigenvalue weighted by atomic mass is 16.5. The average Bonchev–Trinajstić information content (AvgIpc) is 3.03. The van der Waals surface area contributed by atoms with Gasteiger partial charge in [-0.1, -0.05) is 12.1 Å². The summed E-state index contributed by atoms with van der Waals surface area (Å²) in [6, 6.07) is 8.16. The molecule has 0 aliphatic carbocycles. The molecule has 1 aromatic carbocycles. The summed E-state index contributed by atoms with van der Waals surface area (Å²) in [6.07, 6.45) is 0.386. The molecule has 8 heteroatoms. The van der Waals surface area contributed by atoms with Gasteiger partial charge in [0.2, 0.25) is 0 Å². The first-order chi connectivity index (χ1) is 12.8. The summed E-state index contributed by atoms with van der Waals surface area (Å²) in [5, 5.41) is 30.3. The van der Waals surface area contributed by atoms with Crippen molar-refractivity contribution in [2.45, 2.75) is 32.7 Å². The third-order valence-corrected chi connectivity index (χ3v) is 3.79. The van der Waals surface area contributed by atoms with Crippen molar-refractivity contribution in [3.63, 3.8) is 0 Å². The lowest BCUT2D eigenvalue weighted by Crippen LogP contribution is -2.28. The van der Waals surface area contributed by atoms with Gasteiger partial charge in [0.1, 0.15) is 17.6 Å². The number of hydrogen-bond acceptors (Lipinski definition) is 6. The monoisotopic (exact) mass is 372 g/mol. The largest absolute Gasteiger partial charge is 0.511 e. The molecular formula is C19H20N2O6. The number of nitriles is 1. The number of aliphatic hydroxyl groups is 1. The summed E-state index contributed by atoms with van der Waals surface area (Å²) in [5.41, 5.74) is 0.124. The fraction of sp³-hybridized carbons (Fsp3) is 0.316. The molecule has 0 spiro atoms. The highest BCUT2D eigenvalue weighted by Crippen LogP contribution is 2.31. The number of carbonyl (C=O) groups is 2. The molecule has 0 bridgehead atoms. The van der Waals surface area contributed by atoms with Crippen LogP contribution in [0.3, 0.4) is 0 Å². The maximum atomic E-state index is 12.0. The Hall–Kier alpha value is -3.47. The topological polar surface area (TPSA) is 133 Å². The fourth-order valence-corrected chi connectivity index (χ4v) is 2.42. The number of nitrogens with one attached hydrogen (secondary N) is 1. The van der Waals surface area contributed by atoms with E-state index in [1.807, 2.05) is 6.07 Å². The molecule has 142 valence electrons. The van der Waals surface area contributed by atoms with Crippen molar-refractivity contribution in [3.8, 4) is 11.8 Å². The molecule has 0 fully saturated rings. The molecule has 0 radical (unpaired) electrons. The third-order valence-electron chi connectivity index (χ3n) is 3.79.